The fourth-order valence-corrected chi connectivity index (χ4v) is 3.77. The lowest BCUT2D eigenvalue weighted by Crippen LogP contribution is -2.34. The van der Waals surface area contributed by atoms with Crippen LogP contribution in [0.2, 0.25) is 0 Å². The number of carbonyl (C=O) groups excluding carboxylic acids is 2. The van der Waals surface area contributed by atoms with Gasteiger partial charge in [0.05, 0.1) is 12.2 Å². The van der Waals surface area contributed by atoms with Crippen LogP contribution in [0.15, 0.2) is 77.3 Å². The van der Waals surface area contributed by atoms with Gasteiger partial charge in [-0.15, -0.1) is 0 Å². The first kappa shape index (κ1) is 26.4. The van der Waals surface area contributed by atoms with Gasteiger partial charge in [-0.3, -0.25) is 14.9 Å². The molecule has 2 amide bonds. The third kappa shape index (κ3) is 8.81. The summed E-state index contributed by atoms with van der Waals surface area (Å²) >= 11 is 8.74. The Morgan fingerprint density at radius 2 is 1.66 bits per heavy atom. The molecule has 0 saturated heterocycles. The fourth-order valence-electron chi connectivity index (χ4n) is 3.20. The zero-order chi connectivity index (χ0) is 25.2. The molecule has 0 unspecified atom stereocenters. The van der Waals surface area contributed by atoms with Gasteiger partial charge in [-0.25, -0.2) is 0 Å². The van der Waals surface area contributed by atoms with E-state index < -0.39 is 0 Å². The van der Waals surface area contributed by atoms with Gasteiger partial charge in [0.2, 0.25) is 5.91 Å². The topological polar surface area (TPSA) is 79.5 Å². The molecule has 0 saturated carbocycles. The van der Waals surface area contributed by atoms with Gasteiger partial charge in [-0.2, -0.15) is 0 Å². The molecule has 0 aromatic heterocycles. The Morgan fingerprint density at radius 3 is 2.37 bits per heavy atom. The van der Waals surface area contributed by atoms with Gasteiger partial charge in [0.25, 0.3) is 5.91 Å². The van der Waals surface area contributed by atoms with E-state index in [1.807, 2.05) is 50.2 Å². The van der Waals surface area contributed by atoms with Crippen molar-refractivity contribution in [2.24, 2.45) is 5.92 Å². The van der Waals surface area contributed by atoms with Gasteiger partial charge in [-0.05, 0) is 66.5 Å². The molecule has 182 valence electrons. The highest BCUT2D eigenvalue weighted by molar-refractivity contribution is 9.10. The maximum Gasteiger partial charge on any atom is 0.261 e. The monoisotopic (exact) mass is 553 g/mol. The summed E-state index contributed by atoms with van der Waals surface area (Å²) in [5.41, 5.74) is 2.77. The molecule has 3 aromatic rings. The van der Waals surface area contributed by atoms with E-state index in [1.54, 1.807) is 36.4 Å². The van der Waals surface area contributed by atoms with E-state index in [9.17, 15) is 9.59 Å². The minimum atomic E-state index is -0.382. The van der Waals surface area contributed by atoms with Gasteiger partial charge in [-0.1, -0.05) is 66.2 Å². The SMILES string of the molecule is CC(C)COc1ccc(Br)cc1C(=O)NC(=S)Nc1cccc(NC(=O)CCc2ccccc2)c1. The summed E-state index contributed by atoms with van der Waals surface area (Å²) in [5.74, 6) is 0.351. The number of halogens is 1. The second-order valence-electron chi connectivity index (χ2n) is 8.37. The molecule has 35 heavy (non-hydrogen) atoms. The lowest BCUT2D eigenvalue weighted by atomic mass is 10.1. The van der Waals surface area contributed by atoms with Crippen molar-refractivity contribution in [2.45, 2.75) is 26.7 Å². The molecule has 0 radical (unpaired) electrons. The molecule has 3 rings (SSSR count). The molecule has 3 aromatic carbocycles. The number of carbonyl (C=O) groups is 2. The molecule has 0 bridgehead atoms. The predicted molar refractivity (Wildman–Crippen MR) is 148 cm³/mol. The molecule has 0 fully saturated rings. The van der Waals surface area contributed by atoms with Gasteiger partial charge >= 0.3 is 0 Å². The number of amides is 2. The second-order valence-corrected chi connectivity index (χ2v) is 9.69. The van der Waals surface area contributed by atoms with Crippen LogP contribution >= 0.6 is 28.1 Å². The Kier molecular flexibility index (Phi) is 9.81. The molecule has 0 spiro atoms. The van der Waals surface area contributed by atoms with Gasteiger partial charge < -0.3 is 15.4 Å². The third-order valence-corrected chi connectivity index (χ3v) is 5.57. The van der Waals surface area contributed by atoms with Crippen LogP contribution in [0.5, 0.6) is 5.75 Å². The average Bonchev–Trinajstić information content (AvgIpc) is 2.82. The Labute approximate surface area is 219 Å². The summed E-state index contributed by atoms with van der Waals surface area (Å²) in [6, 6.07) is 22.3. The summed E-state index contributed by atoms with van der Waals surface area (Å²) in [4.78, 5) is 25.2. The normalized spacial score (nSPS) is 10.5. The van der Waals surface area contributed by atoms with Crippen molar-refractivity contribution in [1.29, 1.82) is 0 Å². The van der Waals surface area contributed by atoms with Gasteiger partial charge in [0, 0.05) is 22.3 Å². The minimum absolute atomic E-state index is 0.0783. The van der Waals surface area contributed by atoms with E-state index in [0.717, 1.165) is 10.0 Å². The number of nitrogens with one attached hydrogen (secondary N) is 3. The summed E-state index contributed by atoms with van der Waals surface area (Å²) in [6.07, 6.45) is 1.04. The Morgan fingerprint density at radius 1 is 0.943 bits per heavy atom. The highest BCUT2D eigenvalue weighted by Crippen LogP contribution is 2.24. The molecule has 0 atom stereocenters. The van der Waals surface area contributed by atoms with Crippen LogP contribution in [0.1, 0.15) is 36.2 Å². The van der Waals surface area contributed by atoms with Crippen molar-refractivity contribution < 1.29 is 14.3 Å². The van der Waals surface area contributed by atoms with Gasteiger partial charge in [0.1, 0.15) is 5.75 Å². The maximum absolute atomic E-state index is 12.9. The van der Waals surface area contributed by atoms with Gasteiger partial charge in [0.15, 0.2) is 5.11 Å². The van der Waals surface area contributed by atoms with Crippen molar-refractivity contribution in [2.75, 3.05) is 17.2 Å². The molecule has 0 heterocycles. The van der Waals surface area contributed by atoms with Crippen molar-refractivity contribution in [1.82, 2.24) is 5.32 Å². The van der Waals surface area contributed by atoms with E-state index in [0.29, 0.717) is 48.1 Å². The fraction of sp³-hybridized carbons (Fsp3) is 0.222. The molecular weight excluding hydrogens is 526 g/mol. The Balaban J connectivity index is 1.57. The number of ether oxygens (including phenoxy) is 1. The number of anilines is 2. The van der Waals surface area contributed by atoms with E-state index in [1.165, 1.54) is 0 Å². The maximum atomic E-state index is 12.9. The van der Waals surface area contributed by atoms with Crippen molar-refractivity contribution >= 4 is 56.4 Å². The van der Waals surface area contributed by atoms with E-state index in [4.69, 9.17) is 17.0 Å². The van der Waals surface area contributed by atoms with E-state index in [-0.39, 0.29) is 16.9 Å². The predicted octanol–water partition coefficient (Wildman–Crippen LogP) is 6.18. The van der Waals surface area contributed by atoms with Crippen LogP contribution in [0.4, 0.5) is 11.4 Å². The number of hydrogen-bond acceptors (Lipinski definition) is 4. The molecule has 6 nitrogen and oxygen atoms in total. The van der Waals surface area contributed by atoms with E-state index >= 15 is 0 Å². The van der Waals surface area contributed by atoms with E-state index in [2.05, 4.69) is 31.9 Å². The van der Waals surface area contributed by atoms with Crippen molar-refractivity contribution in [3.63, 3.8) is 0 Å². The lowest BCUT2D eigenvalue weighted by molar-refractivity contribution is -0.116. The smallest absolute Gasteiger partial charge is 0.261 e. The summed E-state index contributed by atoms with van der Waals surface area (Å²) < 4.78 is 6.55. The van der Waals surface area contributed by atoms with Crippen LogP contribution in [0.25, 0.3) is 0 Å². The second kappa shape index (κ2) is 13.0. The Bertz CT molecular complexity index is 1190. The standard InChI is InChI=1S/C27H28BrN3O3S/c1-18(2)17-34-24-13-12-20(28)15-23(24)26(33)31-27(35)30-22-10-6-9-21(16-22)29-25(32)14-11-19-7-4-3-5-8-19/h3-10,12-13,15-16,18H,11,14,17H2,1-2H3,(H,29,32)(H2,30,31,33,35). The summed E-state index contributed by atoms with van der Waals surface area (Å²) in [5, 5.41) is 8.72. The van der Waals surface area contributed by atoms with Crippen molar-refractivity contribution in [3.8, 4) is 5.75 Å². The number of benzene rings is 3. The molecule has 8 heteroatoms. The third-order valence-electron chi connectivity index (χ3n) is 4.87. The molecule has 3 N–H and O–H groups in total. The highest BCUT2D eigenvalue weighted by Gasteiger charge is 2.15. The Hall–Kier alpha value is -3.23. The first-order chi connectivity index (χ1) is 16.8. The number of hydrogen-bond donors (Lipinski definition) is 3. The quantitative estimate of drug-likeness (QED) is 0.275. The number of aryl methyl sites for hydroxylation is 1. The first-order valence-corrected chi connectivity index (χ1v) is 12.5. The number of thiocarbonyl (C=S) groups is 1. The summed E-state index contributed by atoms with van der Waals surface area (Å²) in [7, 11) is 0. The molecule has 0 aliphatic rings. The van der Waals surface area contributed by atoms with Crippen LogP contribution < -0.4 is 20.7 Å². The van der Waals surface area contributed by atoms with Crippen LogP contribution in [0, 0.1) is 5.92 Å². The molecule has 0 aliphatic heterocycles. The zero-order valence-electron chi connectivity index (χ0n) is 19.6. The molecule has 0 aliphatic carbocycles. The van der Waals surface area contributed by atoms with Crippen molar-refractivity contribution in [3.05, 3.63) is 88.4 Å². The molecular formula is C27H28BrN3O3S. The van der Waals surface area contributed by atoms with Crippen LogP contribution in [0.3, 0.4) is 0 Å². The lowest BCUT2D eigenvalue weighted by Gasteiger charge is -2.15. The average molecular weight is 555 g/mol. The minimum Gasteiger partial charge on any atom is -0.492 e. The highest BCUT2D eigenvalue weighted by atomic mass is 79.9. The van der Waals surface area contributed by atoms with Crippen LogP contribution in [-0.4, -0.2) is 23.5 Å². The zero-order valence-corrected chi connectivity index (χ0v) is 22.0. The largest absolute Gasteiger partial charge is 0.492 e. The van der Waals surface area contributed by atoms with Crippen LogP contribution in [-0.2, 0) is 11.2 Å². The summed E-state index contributed by atoms with van der Waals surface area (Å²) in [6.45, 7) is 4.57. The number of rotatable bonds is 9. The first-order valence-electron chi connectivity index (χ1n) is 11.3.